The number of rotatable bonds is 2. The molecule has 0 aromatic heterocycles. The molecule has 5 heteroatoms. The van der Waals surface area contributed by atoms with Gasteiger partial charge in [0.25, 0.3) is 0 Å². The van der Waals surface area contributed by atoms with Crippen molar-refractivity contribution in [1.29, 1.82) is 0 Å². The molecule has 113 valence electrons. The predicted molar refractivity (Wildman–Crippen MR) is 84.3 cm³/mol. The standard InChI is InChI=1S/C17H18N3O2/c18-17(22)20-10-8-19(9-11-20)16(21)12-14-6-3-5-13-4-1-2-7-15(13)14/h1-7,18H,8-12H2. The molecule has 1 radical (unpaired) electrons. The minimum absolute atomic E-state index is 0.0773. The highest BCUT2D eigenvalue weighted by atomic mass is 16.2. The first-order chi connectivity index (χ1) is 10.6. The number of benzene rings is 2. The fraction of sp³-hybridized carbons (Fsp3) is 0.294. The van der Waals surface area contributed by atoms with Gasteiger partial charge in [0.1, 0.15) is 0 Å². The number of urea groups is 1. The first kappa shape index (κ1) is 14.4. The minimum Gasteiger partial charge on any atom is -0.339 e. The highest BCUT2D eigenvalue weighted by Crippen LogP contribution is 2.19. The molecule has 0 saturated carbocycles. The lowest BCUT2D eigenvalue weighted by molar-refractivity contribution is -0.131. The molecule has 0 bridgehead atoms. The summed E-state index contributed by atoms with van der Waals surface area (Å²) in [5.41, 5.74) is 8.13. The summed E-state index contributed by atoms with van der Waals surface area (Å²) in [6.07, 6.45) is 0.371. The van der Waals surface area contributed by atoms with Gasteiger partial charge < -0.3 is 9.80 Å². The van der Waals surface area contributed by atoms with E-state index >= 15 is 0 Å². The van der Waals surface area contributed by atoms with E-state index in [1.807, 2.05) is 42.5 Å². The van der Waals surface area contributed by atoms with Crippen molar-refractivity contribution >= 4 is 22.7 Å². The zero-order valence-corrected chi connectivity index (χ0v) is 12.3. The van der Waals surface area contributed by atoms with Crippen LogP contribution >= 0.6 is 0 Å². The van der Waals surface area contributed by atoms with Gasteiger partial charge in [0.15, 0.2) is 0 Å². The summed E-state index contributed by atoms with van der Waals surface area (Å²) in [6.45, 7) is 1.91. The van der Waals surface area contributed by atoms with Gasteiger partial charge in [-0.25, -0.2) is 10.5 Å². The molecule has 1 N–H and O–H groups in total. The minimum atomic E-state index is -0.666. The van der Waals surface area contributed by atoms with E-state index in [0.717, 1.165) is 16.3 Å². The molecule has 2 aromatic carbocycles. The highest BCUT2D eigenvalue weighted by Gasteiger charge is 2.23. The van der Waals surface area contributed by atoms with Crippen LogP contribution in [0.4, 0.5) is 4.79 Å². The maximum Gasteiger partial charge on any atom is 0.336 e. The average molecular weight is 296 g/mol. The van der Waals surface area contributed by atoms with Crippen LogP contribution in [0.5, 0.6) is 0 Å². The molecular weight excluding hydrogens is 278 g/mol. The fourth-order valence-electron chi connectivity index (χ4n) is 2.88. The number of hydrogen-bond acceptors (Lipinski definition) is 2. The van der Waals surface area contributed by atoms with Crippen molar-refractivity contribution in [2.24, 2.45) is 0 Å². The number of amides is 3. The maximum absolute atomic E-state index is 12.5. The monoisotopic (exact) mass is 296 g/mol. The molecule has 0 unspecified atom stereocenters. The Kier molecular flexibility index (Phi) is 3.96. The zero-order valence-electron chi connectivity index (χ0n) is 12.3. The molecule has 22 heavy (non-hydrogen) atoms. The molecule has 1 fully saturated rings. The van der Waals surface area contributed by atoms with Crippen molar-refractivity contribution in [1.82, 2.24) is 15.5 Å². The summed E-state index contributed by atoms with van der Waals surface area (Å²) in [6, 6.07) is 13.4. The number of carbonyl (C=O) groups excluding carboxylic acids is 2. The maximum atomic E-state index is 12.5. The second kappa shape index (κ2) is 6.05. The third kappa shape index (κ3) is 2.88. The van der Waals surface area contributed by atoms with Gasteiger partial charge in [0, 0.05) is 26.2 Å². The summed E-state index contributed by atoms with van der Waals surface area (Å²) in [5.74, 6) is 0.0773. The Balaban J connectivity index is 1.70. The van der Waals surface area contributed by atoms with E-state index in [-0.39, 0.29) is 5.91 Å². The summed E-state index contributed by atoms with van der Waals surface area (Å²) in [7, 11) is 0. The van der Waals surface area contributed by atoms with Gasteiger partial charge in [-0.2, -0.15) is 0 Å². The normalized spacial score (nSPS) is 15.1. The summed E-state index contributed by atoms with van der Waals surface area (Å²) in [5, 5.41) is 2.25. The second-order valence-corrected chi connectivity index (χ2v) is 5.49. The van der Waals surface area contributed by atoms with Crippen LogP contribution in [-0.2, 0) is 11.2 Å². The third-order valence-electron chi connectivity index (χ3n) is 4.14. The Morgan fingerprint density at radius 3 is 2.27 bits per heavy atom. The van der Waals surface area contributed by atoms with E-state index in [0.29, 0.717) is 32.6 Å². The van der Waals surface area contributed by atoms with Gasteiger partial charge in [-0.3, -0.25) is 4.79 Å². The van der Waals surface area contributed by atoms with Crippen LogP contribution < -0.4 is 5.73 Å². The molecule has 1 saturated heterocycles. The largest absolute Gasteiger partial charge is 0.339 e. The van der Waals surface area contributed by atoms with Gasteiger partial charge >= 0.3 is 6.03 Å². The van der Waals surface area contributed by atoms with E-state index < -0.39 is 6.03 Å². The lowest BCUT2D eigenvalue weighted by Gasteiger charge is -2.33. The third-order valence-corrected chi connectivity index (χ3v) is 4.14. The number of fused-ring (bicyclic) bond motifs is 1. The van der Waals surface area contributed by atoms with E-state index in [4.69, 9.17) is 5.73 Å². The average Bonchev–Trinajstić information content (AvgIpc) is 2.55. The number of nitrogens with zero attached hydrogens (tertiary/aromatic N) is 2. The molecule has 0 atom stereocenters. The van der Waals surface area contributed by atoms with Gasteiger partial charge in [0.05, 0.1) is 6.42 Å². The van der Waals surface area contributed by atoms with Crippen LogP contribution in [0.2, 0.25) is 0 Å². The molecule has 3 rings (SSSR count). The fourth-order valence-corrected chi connectivity index (χ4v) is 2.88. The van der Waals surface area contributed by atoms with Gasteiger partial charge in [0.2, 0.25) is 5.91 Å². The molecule has 1 heterocycles. The van der Waals surface area contributed by atoms with Gasteiger partial charge in [-0.05, 0) is 16.3 Å². The molecular formula is C17H18N3O2. The topological polar surface area (TPSA) is 64.4 Å². The van der Waals surface area contributed by atoms with Crippen LogP contribution in [0.1, 0.15) is 5.56 Å². The first-order valence-electron chi connectivity index (χ1n) is 7.40. The lowest BCUT2D eigenvalue weighted by Crippen LogP contribution is -2.50. The SMILES string of the molecule is [NH]C(=O)N1CCN(C(=O)Cc2cccc3ccccc23)CC1. The summed E-state index contributed by atoms with van der Waals surface area (Å²) < 4.78 is 0. The molecule has 3 amide bonds. The Hall–Kier alpha value is -2.56. The van der Waals surface area contributed by atoms with Crippen LogP contribution in [0.15, 0.2) is 42.5 Å². The van der Waals surface area contributed by atoms with Crippen molar-refractivity contribution in [3.63, 3.8) is 0 Å². The van der Waals surface area contributed by atoms with E-state index in [1.165, 1.54) is 4.90 Å². The van der Waals surface area contributed by atoms with Crippen molar-refractivity contribution in [2.75, 3.05) is 26.2 Å². The van der Waals surface area contributed by atoms with Crippen molar-refractivity contribution in [3.05, 3.63) is 48.0 Å². The van der Waals surface area contributed by atoms with Gasteiger partial charge in [-0.1, -0.05) is 42.5 Å². The second-order valence-electron chi connectivity index (χ2n) is 5.49. The Bertz CT molecular complexity index is 701. The number of hydrogen-bond donors (Lipinski definition) is 0. The molecule has 1 aliphatic rings. The van der Waals surface area contributed by atoms with Crippen molar-refractivity contribution < 1.29 is 9.59 Å². The molecule has 1 aliphatic heterocycles. The lowest BCUT2D eigenvalue weighted by atomic mass is 10.0. The van der Waals surface area contributed by atoms with Crippen LogP contribution in [0.25, 0.3) is 10.8 Å². The van der Waals surface area contributed by atoms with Crippen LogP contribution in [0, 0.1) is 0 Å². The first-order valence-corrected chi connectivity index (χ1v) is 7.40. The molecule has 0 spiro atoms. The molecule has 5 nitrogen and oxygen atoms in total. The predicted octanol–water partition coefficient (Wildman–Crippen LogP) is 1.93. The van der Waals surface area contributed by atoms with E-state index in [2.05, 4.69) is 0 Å². The smallest absolute Gasteiger partial charge is 0.336 e. The van der Waals surface area contributed by atoms with Crippen LogP contribution in [0.3, 0.4) is 0 Å². The van der Waals surface area contributed by atoms with Crippen molar-refractivity contribution in [2.45, 2.75) is 6.42 Å². The molecule has 0 aliphatic carbocycles. The zero-order chi connectivity index (χ0) is 15.5. The Morgan fingerprint density at radius 1 is 0.909 bits per heavy atom. The van der Waals surface area contributed by atoms with E-state index in [9.17, 15) is 9.59 Å². The number of nitrogens with one attached hydrogen (secondary N) is 1. The van der Waals surface area contributed by atoms with Gasteiger partial charge in [-0.15, -0.1) is 0 Å². The number of carbonyl (C=O) groups is 2. The number of piperazine rings is 1. The Morgan fingerprint density at radius 2 is 1.55 bits per heavy atom. The highest BCUT2D eigenvalue weighted by molar-refractivity contribution is 5.90. The van der Waals surface area contributed by atoms with E-state index in [1.54, 1.807) is 4.90 Å². The Labute approximate surface area is 129 Å². The van der Waals surface area contributed by atoms with Crippen molar-refractivity contribution in [3.8, 4) is 0 Å². The summed E-state index contributed by atoms with van der Waals surface area (Å²) in [4.78, 5) is 26.7. The van der Waals surface area contributed by atoms with Crippen LogP contribution in [-0.4, -0.2) is 47.9 Å². The quantitative estimate of drug-likeness (QED) is 0.850. The molecule has 2 aromatic rings. The summed E-state index contributed by atoms with van der Waals surface area (Å²) >= 11 is 0.